The van der Waals surface area contributed by atoms with Gasteiger partial charge in [-0.3, -0.25) is 9.59 Å². The van der Waals surface area contributed by atoms with E-state index in [1.807, 2.05) is 33.8 Å². The average molecular weight is 330 g/mol. The van der Waals surface area contributed by atoms with Crippen LogP contribution in [-0.4, -0.2) is 33.5 Å². The third kappa shape index (κ3) is 2.63. The van der Waals surface area contributed by atoms with E-state index in [4.69, 9.17) is 4.74 Å². The molecule has 24 heavy (non-hydrogen) atoms. The number of ketones is 2. The first kappa shape index (κ1) is 16.7. The van der Waals surface area contributed by atoms with Gasteiger partial charge in [0, 0.05) is 5.92 Å². The van der Waals surface area contributed by atoms with Crippen molar-refractivity contribution in [3.05, 3.63) is 34.9 Å². The van der Waals surface area contributed by atoms with Crippen molar-refractivity contribution in [3.63, 3.8) is 0 Å². The van der Waals surface area contributed by atoms with Crippen molar-refractivity contribution in [1.29, 1.82) is 0 Å². The SMILES string of the molecule is CC1=C[C@H](OC(C)(C)C)[C@H]2C(=O)c3c(O)ccc(O)c3C(=O)[C@@H]2C1. The number of phenols is 2. The molecule has 2 N–H and O–H groups in total. The lowest BCUT2D eigenvalue weighted by Crippen LogP contribution is -2.47. The number of benzene rings is 1. The Morgan fingerprint density at radius 2 is 1.58 bits per heavy atom. The molecular weight excluding hydrogens is 308 g/mol. The van der Waals surface area contributed by atoms with Crippen molar-refractivity contribution in [2.24, 2.45) is 11.8 Å². The van der Waals surface area contributed by atoms with Gasteiger partial charge < -0.3 is 14.9 Å². The van der Waals surface area contributed by atoms with E-state index in [2.05, 4.69) is 0 Å². The van der Waals surface area contributed by atoms with E-state index in [9.17, 15) is 19.8 Å². The molecule has 0 unspecified atom stereocenters. The summed E-state index contributed by atoms with van der Waals surface area (Å²) in [4.78, 5) is 26.0. The Kier molecular flexibility index (Phi) is 3.79. The van der Waals surface area contributed by atoms with Gasteiger partial charge in [-0.1, -0.05) is 11.6 Å². The number of Topliss-reactive ketones (excluding diaryl/α,β-unsaturated/α-hetero) is 2. The molecule has 0 heterocycles. The molecule has 2 aliphatic rings. The lowest BCUT2D eigenvalue weighted by atomic mass is 9.66. The maximum atomic E-state index is 13.0. The molecule has 0 aliphatic heterocycles. The third-order valence-electron chi connectivity index (χ3n) is 4.56. The van der Waals surface area contributed by atoms with E-state index < -0.39 is 23.5 Å². The van der Waals surface area contributed by atoms with Crippen molar-refractivity contribution >= 4 is 11.6 Å². The maximum Gasteiger partial charge on any atom is 0.174 e. The Morgan fingerprint density at radius 1 is 1.04 bits per heavy atom. The zero-order valence-electron chi connectivity index (χ0n) is 14.3. The molecule has 128 valence electrons. The first-order valence-corrected chi connectivity index (χ1v) is 8.08. The van der Waals surface area contributed by atoms with Gasteiger partial charge in [0.15, 0.2) is 11.6 Å². The van der Waals surface area contributed by atoms with Crippen LogP contribution in [0.15, 0.2) is 23.8 Å². The largest absolute Gasteiger partial charge is 0.507 e. The van der Waals surface area contributed by atoms with E-state index in [0.29, 0.717) is 6.42 Å². The number of hydrogen-bond acceptors (Lipinski definition) is 5. The number of aromatic hydroxyl groups is 2. The van der Waals surface area contributed by atoms with Crippen LogP contribution in [0.4, 0.5) is 0 Å². The Bertz CT molecular complexity index is 754. The van der Waals surface area contributed by atoms with Crippen LogP contribution >= 0.6 is 0 Å². The second-order valence-electron chi connectivity index (χ2n) is 7.63. The molecule has 0 aromatic heterocycles. The van der Waals surface area contributed by atoms with Crippen molar-refractivity contribution in [2.75, 3.05) is 0 Å². The molecule has 0 bridgehead atoms. The summed E-state index contributed by atoms with van der Waals surface area (Å²) in [6.45, 7) is 7.59. The molecule has 1 aromatic carbocycles. The zero-order valence-corrected chi connectivity index (χ0v) is 14.3. The van der Waals surface area contributed by atoms with Gasteiger partial charge in [-0.2, -0.15) is 0 Å². The summed E-state index contributed by atoms with van der Waals surface area (Å²) >= 11 is 0. The van der Waals surface area contributed by atoms with E-state index >= 15 is 0 Å². The normalized spacial score (nSPS) is 26.7. The first-order chi connectivity index (χ1) is 11.1. The highest BCUT2D eigenvalue weighted by molar-refractivity contribution is 6.19. The highest BCUT2D eigenvalue weighted by Crippen LogP contribution is 2.45. The number of hydrogen-bond donors (Lipinski definition) is 2. The number of phenolic OH excluding ortho intramolecular Hbond substituents is 2. The molecule has 0 radical (unpaired) electrons. The summed E-state index contributed by atoms with van der Waals surface area (Å²) in [6, 6.07) is 2.48. The molecule has 5 nitrogen and oxygen atoms in total. The van der Waals surface area contributed by atoms with Gasteiger partial charge >= 0.3 is 0 Å². The van der Waals surface area contributed by atoms with Gasteiger partial charge in [0.1, 0.15) is 11.5 Å². The number of ether oxygens (including phenoxy) is 1. The lowest BCUT2D eigenvalue weighted by Gasteiger charge is -2.40. The van der Waals surface area contributed by atoms with E-state index in [1.165, 1.54) is 12.1 Å². The second kappa shape index (κ2) is 5.45. The van der Waals surface area contributed by atoms with Crippen LogP contribution in [0.3, 0.4) is 0 Å². The third-order valence-corrected chi connectivity index (χ3v) is 4.56. The topological polar surface area (TPSA) is 83.8 Å². The number of carbonyl (C=O) groups excluding carboxylic acids is 2. The number of allylic oxidation sites excluding steroid dienone is 1. The fourth-order valence-electron chi connectivity index (χ4n) is 3.69. The van der Waals surface area contributed by atoms with Crippen LogP contribution in [0.5, 0.6) is 11.5 Å². The molecule has 2 aliphatic carbocycles. The molecule has 3 rings (SSSR count). The Labute approximate surface area is 140 Å². The van der Waals surface area contributed by atoms with Crippen LogP contribution < -0.4 is 0 Å². The molecule has 0 fully saturated rings. The molecular formula is C19H22O5. The molecule has 3 atom stereocenters. The van der Waals surface area contributed by atoms with Crippen molar-refractivity contribution in [3.8, 4) is 11.5 Å². The van der Waals surface area contributed by atoms with Gasteiger partial charge in [0.2, 0.25) is 0 Å². The smallest absolute Gasteiger partial charge is 0.174 e. The number of rotatable bonds is 1. The molecule has 1 aromatic rings. The summed E-state index contributed by atoms with van der Waals surface area (Å²) in [5.74, 6) is -2.45. The minimum atomic E-state index is -0.680. The van der Waals surface area contributed by atoms with Crippen LogP contribution in [-0.2, 0) is 4.74 Å². The first-order valence-electron chi connectivity index (χ1n) is 8.08. The monoisotopic (exact) mass is 330 g/mol. The Hall–Kier alpha value is -2.14. The fourth-order valence-corrected chi connectivity index (χ4v) is 3.69. The fraction of sp³-hybridized carbons (Fsp3) is 0.474. The quantitative estimate of drug-likeness (QED) is 0.610. The summed E-state index contributed by atoms with van der Waals surface area (Å²) < 4.78 is 6.03. The van der Waals surface area contributed by atoms with Gasteiger partial charge in [-0.25, -0.2) is 0 Å². The van der Waals surface area contributed by atoms with E-state index in [-0.39, 0.29) is 34.2 Å². The molecule has 5 heteroatoms. The zero-order chi connectivity index (χ0) is 17.8. The minimum absolute atomic E-state index is 0.0644. The van der Waals surface area contributed by atoms with Crippen LogP contribution in [0.2, 0.25) is 0 Å². The highest BCUT2D eigenvalue weighted by atomic mass is 16.5. The minimum Gasteiger partial charge on any atom is -0.507 e. The lowest BCUT2D eigenvalue weighted by molar-refractivity contribution is -0.0667. The van der Waals surface area contributed by atoms with E-state index in [0.717, 1.165) is 5.57 Å². The number of carbonyl (C=O) groups is 2. The van der Waals surface area contributed by atoms with Gasteiger partial charge in [-0.15, -0.1) is 0 Å². The van der Waals surface area contributed by atoms with Crippen LogP contribution in [0.25, 0.3) is 0 Å². The van der Waals surface area contributed by atoms with Crippen molar-refractivity contribution in [1.82, 2.24) is 0 Å². The summed E-state index contributed by atoms with van der Waals surface area (Å²) in [6.07, 6.45) is 1.81. The predicted octanol–water partition coefficient (Wildman–Crippen LogP) is 3.24. The predicted molar refractivity (Wildman–Crippen MR) is 88.4 cm³/mol. The van der Waals surface area contributed by atoms with Gasteiger partial charge in [0.25, 0.3) is 0 Å². The Morgan fingerprint density at radius 3 is 2.12 bits per heavy atom. The van der Waals surface area contributed by atoms with Crippen LogP contribution in [0, 0.1) is 11.8 Å². The number of fused-ring (bicyclic) bond motifs is 2. The standard InChI is InChI=1S/C19H22O5/c1-9-7-10-14(13(8-9)24-19(2,3)4)18(23)16-12(21)6-5-11(20)15(16)17(10)22/h5-6,8,10,13-14,20-21H,7H2,1-4H3/t10-,13+,14+/m1/s1. The Balaban J connectivity index is 2.14. The summed E-state index contributed by atoms with van der Waals surface area (Å²) in [7, 11) is 0. The molecule has 0 spiro atoms. The van der Waals surface area contributed by atoms with Gasteiger partial charge in [0.05, 0.1) is 28.7 Å². The summed E-state index contributed by atoms with van der Waals surface area (Å²) in [5.41, 5.74) is 0.352. The van der Waals surface area contributed by atoms with Crippen molar-refractivity contribution < 1.29 is 24.5 Å². The molecule has 0 amide bonds. The van der Waals surface area contributed by atoms with Gasteiger partial charge in [-0.05, 0) is 46.2 Å². The van der Waals surface area contributed by atoms with Crippen LogP contribution in [0.1, 0.15) is 54.8 Å². The summed E-state index contributed by atoms with van der Waals surface area (Å²) in [5, 5.41) is 20.1. The maximum absolute atomic E-state index is 13.0. The molecule has 0 saturated carbocycles. The average Bonchev–Trinajstić information content (AvgIpc) is 2.44. The molecule has 0 saturated heterocycles. The van der Waals surface area contributed by atoms with E-state index in [1.54, 1.807) is 0 Å². The second-order valence-corrected chi connectivity index (χ2v) is 7.63. The van der Waals surface area contributed by atoms with Crippen molar-refractivity contribution in [2.45, 2.75) is 45.8 Å². The highest BCUT2D eigenvalue weighted by Gasteiger charge is 2.49.